The van der Waals surface area contributed by atoms with Crippen LogP contribution in [0, 0.1) is 13.8 Å². The van der Waals surface area contributed by atoms with Crippen molar-refractivity contribution in [2.24, 2.45) is 0 Å². The molecule has 392 valence electrons. The zero-order chi connectivity index (χ0) is 54.4. The number of benzene rings is 6. The standard InChI is InChI=1S/C29H29ClN4O4S2.C26H26BrClN2O4S/c1-18-5-8-22(9-6-18)40(36,37)34-25-10-7-20(30)16-23(25)24-17-21(33-27-31-13-14-39-27)15-19(26(24)34)11-12-32-28(35)38-29(2,3)4;1-16-5-8-20(9-6-16)35(33,34)30-23-10-7-19(28)15-21(23)22-14-18(27)13-17(24(22)30)11-12-29(25(31)32)26(2,3)4/h5-10,13-17H,11-12H2,1-4H3,(H,31,33)(H,32,35);5-10,13-15H,11-12H2,1-4H3,(H,31,32). The van der Waals surface area contributed by atoms with Crippen molar-refractivity contribution in [3.05, 3.63) is 158 Å². The molecule has 0 bridgehead atoms. The molecule has 0 aliphatic rings. The summed E-state index contributed by atoms with van der Waals surface area (Å²) in [4.78, 5) is 30.3. The van der Waals surface area contributed by atoms with E-state index in [0.717, 1.165) is 32.2 Å². The van der Waals surface area contributed by atoms with Crippen LogP contribution in [-0.2, 0) is 37.6 Å². The number of aromatic nitrogens is 3. The highest BCUT2D eigenvalue weighted by molar-refractivity contribution is 9.10. The van der Waals surface area contributed by atoms with Crippen molar-refractivity contribution < 1.29 is 36.3 Å². The predicted octanol–water partition coefficient (Wildman–Crippen LogP) is 14.3. The van der Waals surface area contributed by atoms with Crippen LogP contribution in [0.15, 0.2) is 135 Å². The Labute approximate surface area is 458 Å². The number of nitrogens with one attached hydrogen (secondary N) is 2. The van der Waals surface area contributed by atoms with Crippen LogP contribution < -0.4 is 10.6 Å². The van der Waals surface area contributed by atoms with Gasteiger partial charge in [-0.2, -0.15) is 0 Å². The van der Waals surface area contributed by atoms with Crippen LogP contribution >= 0.6 is 50.5 Å². The number of hydrogen-bond donors (Lipinski definition) is 3. The fraction of sp³-hybridized carbons (Fsp3) is 0.255. The number of halogens is 3. The number of anilines is 2. The van der Waals surface area contributed by atoms with Gasteiger partial charge in [0.25, 0.3) is 20.0 Å². The molecule has 9 aromatic rings. The molecule has 14 nitrogen and oxygen atoms in total. The molecular weight excluding hydrogens is 1120 g/mol. The van der Waals surface area contributed by atoms with Gasteiger partial charge < -0.3 is 25.4 Å². The molecule has 0 spiro atoms. The minimum absolute atomic E-state index is 0.174. The van der Waals surface area contributed by atoms with Gasteiger partial charge in [-0.25, -0.2) is 39.4 Å². The first-order chi connectivity index (χ1) is 35.2. The van der Waals surface area contributed by atoms with Gasteiger partial charge in [0.2, 0.25) is 0 Å². The number of amides is 2. The van der Waals surface area contributed by atoms with Crippen LogP contribution in [0.3, 0.4) is 0 Å². The number of aryl methyl sites for hydroxylation is 2. The third kappa shape index (κ3) is 12.0. The minimum atomic E-state index is -4.00. The lowest BCUT2D eigenvalue weighted by Gasteiger charge is -2.33. The van der Waals surface area contributed by atoms with E-state index in [1.807, 2.05) is 64.3 Å². The van der Waals surface area contributed by atoms with E-state index in [-0.39, 0.29) is 22.9 Å². The van der Waals surface area contributed by atoms with E-state index in [2.05, 4.69) is 31.5 Å². The van der Waals surface area contributed by atoms with Crippen LogP contribution in [0.4, 0.5) is 20.4 Å². The van der Waals surface area contributed by atoms with Gasteiger partial charge >= 0.3 is 12.2 Å². The molecule has 0 radical (unpaired) electrons. The maximum absolute atomic E-state index is 14.2. The Kier molecular flexibility index (Phi) is 15.8. The molecule has 3 N–H and O–H groups in total. The summed E-state index contributed by atoms with van der Waals surface area (Å²) in [5.74, 6) is 0. The fourth-order valence-electron chi connectivity index (χ4n) is 8.84. The normalized spacial score (nSPS) is 12.3. The van der Waals surface area contributed by atoms with Gasteiger partial charge in [0.15, 0.2) is 5.13 Å². The van der Waals surface area contributed by atoms with E-state index in [1.54, 1.807) is 112 Å². The smallest absolute Gasteiger partial charge is 0.407 e. The van der Waals surface area contributed by atoms with Crippen molar-refractivity contribution in [3.8, 4) is 0 Å². The molecule has 0 saturated carbocycles. The lowest BCUT2D eigenvalue weighted by molar-refractivity contribution is 0.0528. The molecule has 0 saturated heterocycles. The van der Waals surface area contributed by atoms with Gasteiger partial charge in [0.05, 0.1) is 31.9 Å². The Morgan fingerprint density at radius 2 is 1.21 bits per heavy atom. The second kappa shape index (κ2) is 21.5. The van der Waals surface area contributed by atoms with Crippen LogP contribution in [0.2, 0.25) is 10.0 Å². The predicted molar refractivity (Wildman–Crippen MR) is 306 cm³/mol. The highest BCUT2D eigenvalue weighted by Crippen LogP contribution is 2.40. The van der Waals surface area contributed by atoms with Crippen LogP contribution in [0.5, 0.6) is 0 Å². The maximum Gasteiger partial charge on any atom is 0.407 e. The second-order valence-corrected chi connectivity index (χ2v) is 26.2. The molecule has 0 aliphatic heterocycles. The Bertz CT molecular complexity index is 3870. The molecular formula is C55H55BrCl2N6O8S3. The molecule has 75 heavy (non-hydrogen) atoms. The van der Waals surface area contributed by atoms with E-state index in [0.29, 0.717) is 71.8 Å². The number of carbonyl (C=O) groups is 2. The maximum atomic E-state index is 14.2. The number of hydrogen-bond acceptors (Lipinski definition) is 10. The van der Waals surface area contributed by atoms with Crippen LogP contribution in [0.25, 0.3) is 43.6 Å². The first-order valence-electron chi connectivity index (χ1n) is 23.7. The lowest BCUT2D eigenvalue weighted by Crippen LogP contribution is -2.46. The summed E-state index contributed by atoms with van der Waals surface area (Å²) in [6, 6.07) is 31.3. The van der Waals surface area contributed by atoms with E-state index < -0.39 is 43.4 Å². The molecule has 3 heterocycles. The summed E-state index contributed by atoms with van der Waals surface area (Å²) in [5, 5.41) is 22.2. The van der Waals surface area contributed by atoms with Gasteiger partial charge in [0.1, 0.15) is 5.60 Å². The highest BCUT2D eigenvalue weighted by atomic mass is 79.9. The largest absolute Gasteiger partial charge is 0.465 e. The van der Waals surface area contributed by atoms with Crippen molar-refractivity contribution in [2.75, 3.05) is 18.4 Å². The molecule has 0 fully saturated rings. The third-order valence-electron chi connectivity index (χ3n) is 12.2. The molecule has 6 aromatic carbocycles. The Morgan fingerprint density at radius 1 is 0.707 bits per heavy atom. The summed E-state index contributed by atoms with van der Waals surface area (Å²) < 4.78 is 65.2. The Hall–Kier alpha value is -6.15. The number of carboxylic acid groups (broad SMARTS) is 1. The van der Waals surface area contributed by atoms with E-state index >= 15 is 0 Å². The first kappa shape index (κ1) is 55.1. The molecule has 0 unspecified atom stereocenters. The van der Waals surface area contributed by atoms with Crippen molar-refractivity contribution in [2.45, 2.75) is 89.2 Å². The second-order valence-electron chi connectivity index (χ2n) is 20.0. The van der Waals surface area contributed by atoms with Crippen LogP contribution in [-0.4, -0.2) is 76.2 Å². The van der Waals surface area contributed by atoms with Gasteiger partial charge in [-0.15, -0.1) is 11.3 Å². The average Bonchev–Trinajstić information content (AvgIpc) is 4.04. The number of rotatable bonds is 12. The summed E-state index contributed by atoms with van der Waals surface area (Å²) in [5.41, 5.74) is 4.90. The number of ether oxygens (including phenoxy) is 1. The lowest BCUT2D eigenvalue weighted by atomic mass is 10.0. The van der Waals surface area contributed by atoms with Gasteiger partial charge in [0, 0.05) is 72.0 Å². The van der Waals surface area contributed by atoms with Crippen molar-refractivity contribution in [1.82, 2.24) is 23.1 Å². The fourth-order valence-corrected chi connectivity index (χ4v) is 13.4. The van der Waals surface area contributed by atoms with E-state index in [4.69, 9.17) is 27.9 Å². The highest BCUT2D eigenvalue weighted by Gasteiger charge is 2.30. The molecule has 3 aromatic heterocycles. The number of thiazole rings is 1. The number of carbonyl (C=O) groups excluding carboxylic acids is 1. The van der Waals surface area contributed by atoms with Gasteiger partial charge in [-0.1, -0.05) is 74.5 Å². The monoisotopic (exact) mass is 1170 g/mol. The first-order valence-corrected chi connectivity index (χ1v) is 29.0. The molecule has 0 atom stereocenters. The number of nitrogens with zero attached hydrogens (tertiary/aromatic N) is 4. The molecule has 9 rings (SSSR count). The summed E-state index contributed by atoms with van der Waals surface area (Å²) >= 11 is 17.7. The summed E-state index contributed by atoms with van der Waals surface area (Å²) in [6.45, 7) is 15.1. The minimum Gasteiger partial charge on any atom is -0.465 e. The molecule has 2 amide bonds. The third-order valence-corrected chi connectivity index (χ3v) is 17.3. The number of alkyl carbamates (subject to hydrolysis) is 1. The quantitative estimate of drug-likeness (QED) is 0.106. The van der Waals surface area contributed by atoms with E-state index in [9.17, 15) is 31.5 Å². The Balaban J connectivity index is 0.000000201. The SMILES string of the molecule is Cc1ccc(S(=O)(=O)n2c3ccc(Cl)cc3c3cc(Br)cc(CCN(C(=O)O)C(C)(C)C)c32)cc1.Cc1ccc(S(=O)(=O)n2c3ccc(Cl)cc3c3cc(Nc4nccs4)cc(CCNC(=O)OC(C)(C)C)c32)cc1. The average molecular weight is 1180 g/mol. The van der Waals surface area contributed by atoms with Gasteiger partial charge in [-0.05, 0) is 164 Å². The van der Waals surface area contributed by atoms with Crippen molar-refractivity contribution >= 4 is 137 Å². The zero-order valence-electron chi connectivity index (χ0n) is 42.3. The summed E-state index contributed by atoms with van der Waals surface area (Å²) in [6.07, 6.45) is 0.810. The van der Waals surface area contributed by atoms with Crippen molar-refractivity contribution in [1.29, 1.82) is 0 Å². The Morgan fingerprint density at radius 3 is 1.68 bits per heavy atom. The molecule has 20 heteroatoms. The van der Waals surface area contributed by atoms with Crippen molar-refractivity contribution in [3.63, 3.8) is 0 Å². The van der Waals surface area contributed by atoms with Gasteiger partial charge in [-0.3, -0.25) is 0 Å². The van der Waals surface area contributed by atoms with E-state index in [1.165, 1.54) is 24.2 Å². The summed E-state index contributed by atoms with van der Waals surface area (Å²) in [7, 11) is -7.97. The molecule has 0 aliphatic carbocycles. The zero-order valence-corrected chi connectivity index (χ0v) is 47.9. The topological polar surface area (TPSA) is 182 Å². The number of fused-ring (bicyclic) bond motifs is 6. The van der Waals surface area contributed by atoms with Crippen LogP contribution in [0.1, 0.15) is 63.8 Å².